The van der Waals surface area contributed by atoms with Crippen molar-refractivity contribution in [2.75, 3.05) is 0 Å². The van der Waals surface area contributed by atoms with Crippen LogP contribution in [0.25, 0.3) is 0 Å². The first-order valence-electron chi connectivity index (χ1n) is 6.54. The molecule has 0 unspecified atom stereocenters. The predicted molar refractivity (Wildman–Crippen MR) is 63.7 cm³/mol. The molecular weight excluding hydrogens is 232 g/mol. The highest BCUT2D eigenvalue weighted by Gasteiger charge is 2.54. The zero-order chi connectivity index (χ0) is 13.1. The number of ether oxygens (including phenoxy) is 1. The van der Waals surface area contributed by atoms with Crippen molar-refractivity contribution in [3.05, 3.63) is 11.1 Å². The van der Waals surface area contributed by atoms with Crippen molar-refractivity contribution in [1.29, 1.82) is 0 Å². The van der Waals surface area contributed by atoms with Gasteiger partial charge in [-0.2, -0.15) is 0 Å². The average molecular weight is 250 g/mol. The molecule has 0 aromatic heterocycles. The predicted octanol–water partition coefficient (Wildman–Crippen LogP) is 1.37. The minimum Gasteiger partial charge on any atom is -0.457 e. The van der Waals surface area contributed by atoms with Gasteiger partial charge in [-0.25, -0.2) is 0 Å². The summed E-state index contributed by atoms with van der Waals surface area (Å²) in [5, 5.41) is 10.2. The van der Waals surface area contributed by atoms with E-state index in [-0.39, 0.29) is 35.6 Å². The molecule has 1 saturated carbocycles. The number of fused-ring (bicyclic) bond motifs is 3. The van der Waals surface area contributed by atoms with E-state index in [0.29, 0.717) is 12.8 Å². The van der Waals surface area contributed by atoms with E-state index in [2.05, 4.69) is 6.92 Å². The topological polar surface area (TPSA) is 63.6 Å². The molecule has 1 aliphatic heterocycles. The molecule has 0 amide bonds. The summed E-state index contributed by atoms with van der Waals surface area (Å²) < 4.78 is 5.38. The first-order chi connectivity index (χ1) is 8.42. The van der Waals surface area contributed by atoms with Crippen LogP contribution in [0.4, 0.5) is 0 Å². The molecule has 18 heavy (non-hydrogen) atoms. The van der Waals surface area contributed by atoms with Crippen LogP contribution in [0, 0.1) is 11.3 Å². The zero-order valence-electron chi connectivity index (χ0n) is 10.7. The van der Waals surface area contributed by atoms with Crippen LogP contribution < -0.4 is 0 Å². The number of ketones is 1. The van der Waals surface area contributed by atoms with Crippen molar-refractivity contribution >= 4 is 11.8 Å². The highest BCUT2D eigenvalue weighted by Crippen LogP contribution is 2.53. The van der Waals surface area contributed by atoms with Crippen LogP contribution in [0.5, 0.6) is 0 Å². The third-order valence-electron chi connectivity index (χ3n) is 4.86. The van der Waals surface area contributed by atoms with Gasteiger partial charge in [0, 0.05) is 12.3 Å². The van der Waals surface area contributed by atoms with Crippen molar-refractivity contribution in [3.63, 3.8) is 0 Å². The summed E-state index contributed by atoms with van der Waals surface area (Å²) in [5.41, 5.74) is 1.53. The number of Topliss-reactive ketones (excluding diaryl/α,β-unsaturated/α-hetero) is 1. The SMILES string of the molecule is CC1=C2[C@H]3OC(=O)C[C@@H]3[C@@H](O)C[C@@]2(C)CCC1=O. The fraction of sp³-hybridized carbons (Fsp3) is 0.714. The maximum Gasteiger partial charge on any atom is 0.306 e. The van der Waals surface area contributed by atoms with E-state index in [1.807, 2.05) is 6.92 Å². The van der Waals surface area contributed by atoms with Gasteiger partial charge in [-0.15, -0.1) is 0 Å². The molecule has 4 nitrogen and oxygen atoms in total. The summed E-state index contributed by atoms with van der Waals surface area (Å²) in [5.74, 6) is -0.270. The monoisotopic (exact) mass is 250 g/mol. The minimum absolute atomic E-state index is 0.153. The van der Waals surface area contributed by atoms with Crippen LogP contribution in [0.2, 0.25) is 0 Å². The largest absolute Gasteiger partial charge is 0.457 e. The Hall–Kier alpha value is -1.16. The van der Waals surface area contributed by atoms with Gasteiger partial charge in [-0.1, -0.05) is 6.92 Å². The van der Waals surface area contributed by atoms with Crippen molar-refractivity contribution < 1.29 is 19.4 Å². The molecule has 0 radical (unpaired) electrons. The molecule has 1 saturated heterocycles. The summed E-state index contributed by atoms with van der Waals surface area (Å²) in [7, 11) is 0. The fourth-order valence-electron chi connectivity index (χ4n) is 3.88. The number of allylic oxidation sites excluding steroid dienone is 1. The van der Waals surface area contributed by atoms with Gasteiger partial charge in [0.25, 0.3) is 0 Å². The maximum atomic E-state index is 11.9. The average Bonchev–Trinajstić information content (AvgIpc) is 2.66. The summed E-state index contributed by atoms with van der Waals surface area (Å²) in [6.45, 7) is 3.90. The third kappa shape index (κ3) is 1.48. The second-order valence-electron chi connectivity index (χ2n) is 6.07. The molecule has 3 rings (SSSR count). The second-order valence-corrected chi connectivity index (χ2v) is 6.07. The Balaban J connectivity index is 2.11. The molecule has 0 aromatic carbocycles. The van der Waals surface area contributed by atoms with Gasteiger partial charge in [-0.3, -0.25) is 9.59 Å². The Morgan fingerprint density at radius 3 is 2.83 bits per heavy atom. The lowest BCUT2D eigenvalue weighted by Crippen LogP contribution is -2.47. The lowest BCUT2D eigenvalue weighted by Gasteiger charge is -2.47. The van der Waals surface area contributed by atoms with Crippen LogP contribution in [-0.4, -0.2) is 29.1 Å². The van der Waals surface area contributed by atoms with Crippen molar-refractivity contribution in [2.45, 2.75) is 51.7 Å². The Labute approximate surface area is 106 Å². The molecule has 2 aliphatic carbocycles. The second kappa shape index (κ2) is 3.67. The molecule has 4 atom stereocenters. The number of aliphatic hydroxyl groups excluding tert-OH is 1. The summed E-state index contributed by atoms with van der Waals surface area (Å²) in [6.07, 6.45) is 1.30. The van der Waals surface area contributed by atoms with E-state index in [0.717, 1.165) is 17.6 Å². The highest BCUT2D eigenvalue weighted by molar-refractivity contribution is 5.97. The highest BCUT2D eigenvalue weighted by atomic mass is 16.6. The van der Waals surface area contributed by atoms with E-state index < -0.39 is 6.10 Å². The van der Waals surface area contributed by atoms with Crippen molar-refractivity contribution in [3.8, 4) is 0 Å². The van der Waals surface area contributed by atoms with Crippen LogP contribution >= 0.6 is 0 Å². The van der Waals surface area contributed by atoms with Gasteiger partial charge in [0.1, 0.15) is 6.10 Å². The number of hydrogen-bond donors (Lipinski definition) is 1. The molecule has 0 aromatic rings. The van der Waals surface area contributed by atoms with Crippen LogP contribution in [0.15, 0.2) is 11.1 Å². The van der Waals surface area contributed by atoms with Crippen LogP contribution in [-0.2, 0) is 14.3 Å². The Morgan fingerprint density at radius 2 is 2.11 bits per heavy atom. The third-order valence-corrected chi connectivity index (χ3v) is 4.86. The van der Waals surface area contributed by atoms with Gasteiger partial charge >= 0.3 is 5.97 Å². The van der Waals surface area contributed by atoms with Crippen molar-refractivity contribution in [2.24, 2.45) is 11.3 Å². The van der Waals surface area contributed by atoms with Crippen LogP contribution in [0.3, 0.4) is 0 Å². The minimum atomic E-state index is -0.504. The first kappa shape index (κ1) is 11.9. The number of carbonyl (C=O) groups is 2. The number of carbonyl (C=O) groups excluding carboxylic acids is 2. The molecule has 1 heterocycles. The van der Waals surface area contributed by atoms with E-state index in [9.17, 15) is 14.7 Å². The first-order valence-corrected chi connectivity index (χ1v) is 6.54. The number of hydrogen-bond acceptors (Lipinski definition) is 4. The number of aliphatic hydroxyl groups is 1. The summed E-state index contributed by atoms with van der Waals surface area (Å²) in [4.78, 5) is 23.4. The van der Waals surface area contributed by atoms with E-state index in [1.165, 1.54) is 0 Å². The molecular formula is C14H18O4. The van der Waals surface area contributed by atoms with Gasteiger partial charge in [0.05, 0.1) is 12.5 Å². The lowest BCUT2D eigenvalue weighted by atomic mass is 9.59. The molecule has 4 heteroatoms. The van der Waals surface area contributed by atoms with Gasteiger partial charge in [-0.05, 0) is 36.3 Å². The van der Waals surface area contributed by atoms with E-state index >= 15 is 0 Å². The smallest absolute Gasteiger partial charge is 0.306 e. The molecule has 3 aliphatic rings. The Bertz CT molecular complexity index is 464. The molecule has 1 N–H and O–H groups in total. The fourth-order valence-corrected chi connectivity index (χ4v) is 3.88. The van der Waals surface area contributed by atoms with E-state index in [1.54, 1.807) is 0 Å². The number of esters is 1. The normalized spacial score (nSPS) is 43.6. The quantitative estimate of drug-likeness (QED) is 0.659. The Morgan fingerprint density at radius 1 is 1.39 bits per heavy atom. The summed E-state index contributed by atoms with van der Waals surface area (Å²) >= 11 is 0. The lowest BCUT2D eigenvalue weighted by molar-refractivity contribution is -0.141. The van der Waals surface area contributed by atoms with Gasteiger partial charge < -0.3 is 9.84 Å². The maximum absolute atomic E-state index is 11.9. The van der Waals surface area contributed by atoms with Crippen LogP contribution in [0.1, 0.15) is 39.5 Å². The van der Waals surface area contributed by atoms with Crippen molar-refractivity contribution in [1.82, 2.24) is 0 Å². The number of rotatable bonds is 0. The zero-order valence-corrected chi connectivity index (χ0v) is 10.7. The molecule has 2 fully saturated rings. The summed E-state index contributed by atoms with van der Waals surface area (Å²) in [6, 6.07) is 0. The molecule has 0 bridgehead atoms. The van der Waals surface area contributed by atoms with Gasteiger partial charge in [0.2, 0.25) is 0 Å². The Kier molecular flexibility index (Phi) is 2.43. The molecule has 0 spiro atoms. The standard InChI is InChI=1S/C14H18O4/c1-7-9(15)3-4-14(2)6-10(16)8-5-11(17)18-13(8)12(7)14/h8,10,13,16H,3-6H2,1-2H3/t8-,10+,13+,14-/m1/s1. The van der Waals surface area contributed by atoms with Gasteiger partial charge in [0.15, 0.2) is 5.78 Å². The molecule has 98 valence electrons. The van der Waals surface area contributed by atoms with E-state index in [4.69, 9.17) is 4.74 Å².